The first-order valence-electron chi connectivity index (χ1n) is 7.26. The molecule has 1 aromatic heterocycles. The molecule has 2 aromatic rings. The number of carbonyl (C=O) groups is 1. The first-order valence-corrected chi connectivity index (χ1v) is 7.26. The van der Waals surface area contributed by atoms with Crippen molar-refractivity contribution in [2.24, 2.45) is 0 Å². The number of carboxylic acid groups (broad SMARTS) is 1. The Morgan fingerprint density at radius 2 is 1.78 bits per heavy atom. The molecule has 1 aliphatic carbocycles. The van der Waals surface area contributed by atoms with E-state index in [0.717, 1.165) is 25.0 Å². The molecule has 0 atom stereocenters. The number of hydrogen-bond acceptors (Lipinski definition) is 3. The molecule has 0 saturated heterocycles. The number of halogens is 2. The molecule has 1 aliphatic rings. The van der Waals surface area contributed by atoms with Gasteiger partial charge in [0.05, 0.1) is 10.9 Å². The highest BCUT2D eigenvalue weighted by molar-refractivity contribution is 5.78. The Bertz CT molecular complexity index is 910. The highest BCUT2D eigenvalue weighted by atomic mass is 19.2. The largest absolute Gasteiger partial charge is 0.480 e. The van der Waals surface area contributed by atoms with Crippen molar-refractivity contribution in [3.63, 3.8) is 0 Å². The van der Waals surface area contributed by atoms with Gasteiger partial charge >= 0.3 is 11.7 Å². The molecule has 3 rings (SSSR count). The molecule has 23 heavy (non-hydrogen) atoms. The molecule has 0 aliphatic heterocycles. The van der Waals surface area contributed by atoms with Crippen LogP contribution in [0.15, 0.2) is 21.7 Å². The van der Waals surface area contributed by atoms with Gasteiger partial charge < -0.3 is 5.11 Å². The minimum atomic E-state index is -1.36. The summed E-state index contributed by atoms with van der Waals surface area (Å²) in [5.41, 5.74) is -1.73. The highest BCUT2D eigenvalue weighted by Crippen LogP contribution is 2.30. The molecule has 6 nitrogen and oxygen atoms in total. The van der Waals surface area contributed by atoms with E-state index in [9.17, 15) is 23.2 Å². The van der Waals surface area contributed by atoms with Crippen molar-refractivity contribution in [2.45, 2.75) is 38.3 Å². The molecule has 1 N–H and O–H groups in total. The number of carboxylic acids is 1. The van der Waals surface area contributed by atoms with Crippen LogP contribution >= 0.6 is 0 Å². The molecule has 122 valence electrons. The fraction of sp³-hybridized carbons (Fsp3) is 0.400. The fourth-order valence-electron chi connectivity index (χ4n) is 3.16. The van der Waals surface area contributed by atoms with Crippen molar-refractivity contribution in [2.75, 3.05) is 0 Å². The van der Waals surface area contributed by atoms with Crippen molar-refractivity contribution in [3.8, 4) is 0 Å². The molecular formula is C15H14F2N2O4. The minimum Gasteiger partial charge on any atom is -0.480 e. The number of rotatable bonds is 3. The average molecular weight is 324 g/mol. The number of nitrogens with zero attached hydrogens (tertiary/aromatic N) is 2. The predicted octanol–water partition coefficient (Wildman–Crippen LogP) is 1.64. The fourth-order valence-corrected chi connectivity index (χ4v) is 3.16. The maximum Gasteiger partial charge on any atom is 0.332 e. The van der Waals surface area contributed by atoms with E-state index in [-0.39, 0.29) is 16.9 Å². The second kappa shape index (κ2) is 5.60. The maximum atomic E-state index is 13.6. The Labute approximate surface area is 128 Å². The minimum absolute atomic E-state index is 0.00689. The highest BCUT2D eigenvalue weighted by Gasteiger charge is 2.24. The Balaban J connectivity index is 2.42. The zero-order valence-corrected chi connectivity index (χ0v) is 12.1. The van der Waals surface area contributed by atoms with E-state index in [1.807, 2.05) is 0 Å². The third-order valence-electron chi connectivity index (χ3n) is 4.19. The van der Waals surface area contributed by atoms with E-state index in [2.05, 4.69) is 0 Å². The number of fused-ring (bicyclic) bond motifs is 1. The summed E-state index contributed by atoms with van der Waals surface area (Å²) in [6.45, 7) is -0.820. The smallest absolute Gasteiger partial charge is 0.332 e. The SMILES string of the molecule is O=C(O)Cn1c(=O)c2cc(F)c(F)cc2n(C2CCCC2)c1=O. The van der Waals surface area contributed by atoms with Gasteiger partial charge in [0.1, 0.15) is 6.54 Å². The van der Waals surface area contributed by atoms with Crippen molar-refractivity contribution >= 4 is 16.9 Å². The summed E-state index contributed by atoms with van der Waals surface area (Å²) in [7, 11) is 0. The van der Waals surface area contributed by atoms with Gasteiger partial charge in [0.15, 0.2) is 11.6 Å². The second-order valence-electron chi connectivity index (χ2n) is 5.66. The molecule has 1 fully saturated rings. The third kappa shape index (κ3) is 2.54. The molecule has 0 unspecified atom stereocenters. The van der Waals surface area contributed by atoms with Crippen LogP contribution in [0.5, 0.6) is 0 Å². The quantitative estimate of drug-likeness (QED) is 0.930. The first-order chi connectivity index (χ1) is 10.9. The van der Waals surface area contributed by atoms with Gasteiger partial charge in [0, 0.05) is 12.1 Å². The average Bonchev–Trinajstić information content (AvgIpc) is 3.00. The van der Waals surface area contributed by atoms with E-state index < -0.39 is 35.4 Å². The van der Waals surface area contributed by atoms with Gasteiger partial charge in [-0.3, -0.25) is 14.2 Å². The van der Waals surface area contributed by atoms with Crippen LogP contribution in [-0.4, -0.2) is 20.2 Å². The van der Waals surface area contributed by atoms with Gasteiger partial charge in [-0.25, -0.2) is 18.1 Å². The lowest BCUT2D eigenvalue weighted by Crippen LogP contribution is -2.42. The van der Waals surface area contributed by atoms with Gasteiger partial charge in [-0.05, 0) is 18.9 Å². The zero-order chi connectivity index (χ0) is 16.7. The summed E-state index contributed by atoms with van der Waals surface area (Å²) in [5.74, 6) is -3.73. The lowest BCUT2D eigenvalue weighted by Gasteiger charge is -2.18. The van der Waals surface area contributed by atoms with Crippen LogP contribution < -0.4 is 11.2 Å². The molecule has 0 amide bonds. The molecule has 1 heterocycles. The summed E-state index contributed by atoms with van der Waals surface area (Å²) in [6.07, 6.45) is 3.08. The number of aliphatic carboxylic acids is 1. The molecule has 1 saturated carbocycles. The van der Waals surface area contributed by atoms with Crippen molar-refractivity contribution in [1.29, 1.82) is 0 Å². The summed E-state index contributed by atoms with van der Waals surface area (Å²) in [5, 5.41) is 8.70. The normalized spacial score (nSPS) is 15.4. The Morgan fingerprint density at radius 1 is 1.17 bits per heavy atom. The van der Waals surface area contributed by atoms with Crippen molar-refractivity contribution < 1.29 is 18.7 Å². The number of benzene rings is 1. The molecule has 0 spiro atoms. The van der Waals surface area contributed by atoms with E-state index in [4.69, 9.17) is 5.11 Å². The van der Waals surface area contributed by atoms with Gasteiger partial charge in [0.2, 0.25) is 0 Å². The summed E-state index contributed by atoms with van der Waals surface area (Å²) < 4.78 is 28.9. The van der Waals surface area contributed by atoms with Gasteiger partial charge in [0.25, 0.3) is 5.56 Å². The van der Waals surface area contributed by atoms with E-state index >= 15 is 0 Å². The van der Waals surface area contributed by atoms with Gasteiger partial charge in [-0.15, -0.1) is 0 Å². The van der Waals surface area contributed by atoms with E-state index in [1.165, 1.54) is 4.57 Å². The molecule has 1 aromatic carbocycles. The maximum absolute atomic E-state index is 13.6. The molecular weight excluding hydrogens is 310 g/mol. The summed E-state index contributed by atoms with van der Waals surface area (Å²) in [4.78, 5) is 35.8. The van der Waals surface area contributed by atoms with Crippen LogP contribution in [0.25, 0.3) is 10.9 Å². The van der Waals surface area contributed by atoms with E-state index in [1.54, 1.807) is 0 Å². The standard InChI is InChI=1S/C15H14F2N2O4/c16-10-5-9-12(6-11(10)17)19(8-3-1-2-4-8)15(23)18(14(9)22)7-13(20)21/h5-6,8H,1-4,7H2,(H,20,21). The second-order valence-corrected chi connectivity index (χ2v) is 5.66. The Kier molecular flexibility index (Phi) is 3.75. The lowest BCUT2D eigenvalue weighted by atomic mass is 10.2. The third-order valence-corrected chi connectivity index (χ3v) is 4.19. The topological polar surface area (TPSA) is 81.3 Å². The number of aromatic nitrogens is 2. The van der Waals surface area contributed by atoms with Crippen molar-refractivity contribution in [1.82, 2.24) is 9.13 Å². The van der Waals surface area contributed by atoms with Crippen LogP contribution in [0.2, 0.25) is 0 Å². The number of hydrogen-bond donors (Lipinski definition) is 1. The van der Waals surface area contributed by atoms with Gasteiger partial charge in [-0.2, -0.15) is 0 Å². The monoisotopic (exact) mass is 324 g/mol. The molecule has 8 heteroatoms. The van der Waals surface area contributed by atoms with Crippen LogP contribution in [0.4, 0.5) is 8.78 Å². The Morgan fingerprint density at radius 3 is 2.39 bits per heavy atom. The first kappa shape index (κ1) is 15.4. The lowest BCUT2D eigenvalue weighted by molar-refractivity contribution is -0.137. The van der Waals surface area contributed by atoms with E-state index in [0.29, 0.717) is 17.4 Å². The van der Waals surface area contributed by atoms with Crippen LogP contribution in [0.1, 0.15) is 31.7 Å². The van der Waals surface area contributed by atoms with Crippen LogP contribution in [-0.2, 0) is 11.3 Å². The molecule has 0 radical (unpaired) electrons. The van der Waals surface area contributed by atoms with Crippen LogP contribution in [0, 0.1) is 11.6 Å². The van der Waals surface area contributed by atoms with Gasteiger partial charge in [-0.1, -0.05) is 12.8 Å². The molecule has 0 bridgehead atoms. The summed E-state index contributed by atoms with van der Waals surface area (Å²) >= 11 is 0. The zero-order valence-electron chi connectivity index (χ0n) is 12.1. The van der Waals surface area contributed by atoms with Crippen LogP contribution in [0.3, 0.4) is 0 Å². The Hall–Kier alpha value is -2.51. The summed E-state index contributed by atoms with van der Waals surface area (Å²) in [6, 6.07) is 1.29. The van der Waals surface area contributed by atoms with Crippen molar-refractivity contribution in [3.05, 3.63) is 44.6 Å². The predicted molar refractivity (Wildman–Crippen MR) is 77.5 cm³/mol.